The van der Waals surface area contributed by atoms with Crippen molar-refractivity contribution in [3.63, 3.8) is 0 Å². The zero-order chi connectivity index (χ0) is 15.3. The Morgan fingerprint density at radius 1 is 1.38 bits per heavy atom. The average Bonchev–Trinajstić information content (AvgIpc) is 2.99. The van der Waals surface area contributed by atoms with Crippen LogP contribution in [-0.2, 0) is 4.79 Å². The highest BCUT2D eigenvalue weighted by Gasteiger charge is 2.39. The molecule has 1 aromatic rings. The first-order valence-electron chi connectivity index (χ1n) is 7.48. The minimum atomic E-state index is -0.300. The number of ether oxygens (including phenoxy) is 2. The third-order valence-electron chi connectivity index (χ3n) is 4.12. The van der Waals surface area contributed by atoms with E-state index in [9.17, 15) is 4.79 Å². The van der Waals surface area contributed by atoms with Gasteiger partial charge in [0.2, 0.25) is 5.91 Å². The molecule has 1 unspecified atom stereocenters. The molecule has 0 aliphatic carbocycles. The molecular formula is C16H24N2O3. The Hall–Kier alpha value is -1.75. The molecule has 2 N–H and O–H groups in total. The second-order valence-corrected chi connectivity index (χ2v) is 5.31. The summed E-state index contributed by atoms with van der Waals surface area (Å²) in [6.45, 7) is 6.20. The number of methoxy groups -OCH3 is 1. The zero-order valence-corrected chi connectivity index (χ0v) is 13.0. The number of hydrogen-bond acceptors (Lipinski definition) is 4. The topological polar surface area (TPSA) is 59.6 Å². The Bertz CT molecular complexity index is 496. The molecule has 1 aliphatic heterocycles. The molecule has 116 valence electrons. The summed E-state index contributed by atoms with van der Waals surface area (Å²) >= 11 is 0. The van der Waals surface area contributed by atoms with E-state index in [1.807, 2.05) is 19.1 Å². The van der Waals surface area contributed by atoms with E-state index < -0.39 is 0 Å². The van der Waals surface area contributed by atoms with Gasteiger partial charge in [-0.15, -0.1) is 0 Å². The van der Waals surface area contributed by atoms with Gasteiger partial charge in [0.1, 0.15) is 0 Å². The van der Waals surface area contributed by atoms with Crippen molar-refractivity contribution in [3.8, 4) is 11.5 Å². The van der Waals surface area contributed by atoms with Gasteiger partial charge in [-0.25, -0.2) is 0 Å². The SMILES string of the molecule is CCOc1ccc(NC(=O)C2(CC)CCNC2)cc1OC. The van der Waals surface area contributed by atoms with Gasteiger partial charge in [0.25, 0.3) is 0 Å². The van der Waals surface area contributed by atoms with E-state index in [0.717, 1.165) is 31.6 Å². The van der Waals surface area contributed by atoms with E-state index in [1.165, 1.54) is 0 Å². The first-order valence-corrected chi connectivity index (χ1v) is 7.48. The third kappa shape index (κ3) is 3.29. The molecule has 2 rings (SSSR count). The maximum absolute atomic E-state index is 12.6. The number of anilines is 1. The van der Waals surface area contributed by atoms with Crippen molar-refractivity contribution in [2.24, 2.45) is 5.41 Å². The molecule has 21 heavy (non-hydrogen) atoms. The van der Waals surface area contributed by atoms with Crippen LogP contribution >= 0.6 is 0 Å². The van der Waals surface area contributed by atoms with E-state index in [2.05, 4.69) is 17.6 Å². The molecular weight excluding hydrogens is 268 g/mol. The molecule has 1 aromatic carbocycles. The van der Waals surface area contributed by atoms with Crippen molar-refractivity contribution in [3.05, 3.63) is 18.2 Å². The van der Waals surface area contributed by atoms with Crippen LogP contribution in [0.2, 0.25) is 0 Å². The van der Waals surface area contributed by atoms with Gasteiger partial charge in [-0.05, 0) is 38.4 Å². The van der Waals surface area contributed by atoms with E-state index in [4.69, 9.17) is 9.47 Å². The molecule has 0 radical (unpaired) electrons. The second kappa shape index (κ2) is 6.80. The largest absolute Gasteiger partial charge is 0.493 e. The molecule has 0 bridgehead atoms. The lowest BCUT2D eigenvalue weighted by Crippen LogP contribution is -2.37. The molecule has 0 saturated carbocycles. The van der Waals surface area contributed by atoms with Gasteiger partial charge in [-0.1, -0.05) is 6.92 Å². The van der Waals surface area contributed by atoms with Crippen LogP contribution in [0, 0.1) is 5.41 Å². The molecule has 1 amide bonds. The Kier molecular flexibility index (Phi) is 5.07. The summed E-state index contributed by atoms with van der Waals surface area (Å²) in [6.07, 6.45) is 1.71. The normalized spacial score (nSPS) is 21.1. The number of nitrogens with one attached hydrogen (secondary N) is 2. The highest BCUT2D eigenvalue weighted by molar-refractivity contribution is 5.96. The van der Waals surface area contributed by atoms with Crippen LogP contribution in [0.3, 0.4) is 0 Å². The maximum atomic E-state index is 12.6. The molecule has 5 nitrogen and oxygen atoms in total. The number of hydrogen-bond donors (Lipinski definition) is 2. The van der Waals surface area contributed by atoms with Crippen LogP contribution in [-0.4, -0.2) is 32.7 Å². The van der Waals surface area contributed by atoms with Gasteiger partial charge in [0.05, 0.1) is 19.1 Å². The van der Waals surface area contributed by atoms with E-state index in [0.29, 0.717) is 18.1 Å². The fourth-order valence-corrected chi connectivity index (χ4v) is 2.68. The Morgan fingerprint density at radius 3 is 2.76 bits per heavy atom. The molecule has 1 atom stereocenters. The number of benzene rings is 1. The third-order valence-corrected chi connectivity index (χ3v) is 4.12. The average molecular weight is 292 g/mol. The summed E-state index contributed by atoms with van der Waals surface area (Å²) in [5.41, 5.74) is 0.436. The lowest BCUT2D eigenvalue weighted by molar-refractivity contribution is -0.124. The molecule has 0 aromatic heterocycles. The summed E-state index contributed by atoms with van der Waals surface area (Å²) in [5, 5.41) is 6.28. The maximum Gasteiger partial charge on any atom is 0.231 e. The Morgan fingerprint density at radius 2 is 2.19 bits per heavy atom. The fraction of sp³-hybridized carbons (Fsp3) is 0.562. The van der Waals surface area contributed by atoms with E-state index in [1.54, 1.807) is 13.2 Å². The highest BCUT2D eigenvalue weighted by Crippen LogP contribution is 2.33. The monoisotopic (exact) mass is 292 g/mol. The lowest BCUT2D eigenvalue weighted by atomic mass is 9.83. The van der Waals surface area contributed by atoms with Crippen molar-refractivity contribution in [1.29, 1.82) is 0 Å². The van der Waals surface area contributed by atoms with Gasteiger partial charge < -0.3 is 20.1 Å². The zero-order valence-electron chi connectivity index (χ0n) is 13.0. The lowest BCUT2D eigenvalue weighted by Gasteiger charge is -2.25. The summed E-state index contributed by atoms with van der Waals surface area (Å²) in [7, 11) is 1.60. The van der Waals surface area contributed by atoms with Crippen LogP contribution < -0.4 is 20.1 Å². The van der Waals surface area contributed by atoms with E-state index >= 15 is 0 Å². The number of rotatable bonds is 6. The number of carbonyl (C=O) groups is 1. The van der Waals surface area contributed by atoms with Crippen LogP contribution in [0.25, 0.3) is 0 Å². The predicted octanol–water partition coefficient (Wildman–Crippen LogP) is 2.42. The van der Waals surface area contributed by atoms with Gasteiger partial charge >= 0.3 is 0 Å². The Labute approximate surface area is 126 Å². The molecule has 5 heteroatoms. The molecule has 1 aliphatic rings. The summed E-state index contributed by atoms with van der Waals surface area (Å²) in [6, 6.07) is 5.47. The molecule has 1 saturated heterocycles. The quantitative estimate of drug-likeness (QED) is 0.845. The standard InChI is InChI=1S/C16H24N2O3/c1-4-16(8-9-17-11-16)15(19)18-12-6-7-13(21-5-2)14(10-12)20-3/h6-7,10,17H,4-5,8-9,11H2,1-3H3,(H,18,19). The van der Waals surface area contributed by atoms with Gasteiger partial charge in [0, 0.05) is 18.3 Å². The first-order chi connectivity index (χ1) is 10.1. The summed E-state index contributed by atoms with van der Waals surface area (Å²) in [5.74, 6) is 1.39. The van der Waals surface area contributed by atoms with Crippen LogP contribution in [0.4, 0.5) is 5.69 Å². The second-order valence-electron chi connectivity index (χ2n) is 5.31. The van der Waals surface area contributed by atoms with Crippen molar-refractivity contribution >= 4 is 11.6 Å². The van der Waals surface area contributed by atoms with Crippen LogP contribution in [0.1, 0.15) is 26.7 Å². The number of amides is 1. The van der Waals surface area contributed by atoms with Gasteiger partial charge in [-0.3, -0.25) is 4.79 Å². The van der Waals surface area contributed by atoms with Crippen LogP contribution in [0.15, 0.2) is 18.2 Å². The fourth-order valence-electron chi connectivity index (χ4n) is 2.68. The minimum absolute atomic E-state index is 0.0706. The molecule has 1 heterocycles. The minimum Gasteiger partial charge on any atom is -0.493 e. The van der Waals surface area contributed by atoms with Crippen molar-refractivity contribution in [2.75, 3.05) is 32.1 Å². The smallest absolute Gasteiger partial charge is 0.231 e. The summed E-state index contributed by atoms with van der Waals surface area (Å²) < 4.78 is 10.8. The Balaban J connectivity index is 2.14. The van der Waals surface area contributed by atoms with Gasteiger partial charge in [0.15, 0.2) is 11.5 Å². The molecule has 1 fully saturated rings. The number of carbonyl (C=O) groups excluding carboxylic acids is 1. The van der Waals surface area contributed by atoms with Gasteiger partial charge in [-0.2, -0.15) is 0 Å². The molecule has 0 spiro atoms. The highest BCUT2D eigenvalue weighted by atomic mass is 16.5. The van der Waals surface area contributed by atoms with Crippen LogP contribution in [0.5, 0.6) is 11.5 Å². The first kappa shape index (κ1) is 15.6. The van der Waals surface area contributed by atoms with E-state index in [-0.39, 0.29) is 11.3 Å². The van der Waals surface area contributed by atoms with Crippen molar-refractivity contribution in [1.82, 2.24) is 5.32 Å². The predicted molar refractivity (Wildman–Crippen MR) is 83.0 cm³/mol. The summed E-state index contributed by atoms with van der Waals surface area (Å²) in [4.78, 5) is 12.6. The van der Waals surface area contributed by atoms with Crippen molar-refractivity contribution < 1.29 is 14.3 Å². The van der Waals surface area contributed by atoms with Crippen molar-refractivity contribution in [2.45, 2.75) is 26.7 Å².